The Hall–Kier alpha value is -3.28. The Kier molecular flexibility index (Phi) is 3.58. The fourth-order valence-electron chi connectivity index (χ4n) is 5.71. The van der Waals surface area contributed by atoms with Crippen LogP contribution in [-0.2, 0) is 9.59 Å². The van der Waals surface area contributed by atoms with E-state index < -0.39 is 0 Å². The van der Waals surface area contributed by atoms with Gasteiger partial charge in [0.2, 0.25) is 11.8 Å². The van der Waals surface area contributed by atoms with Gasteiger partial charge in [-0.25, -0.2) is 4.39 Å². The topological polar surface area (TPSA) is 66.5 Å². The Labute approximate surface area is 172 Å². The molecule has 0 unspecified atom stereocenters. The molecule has 3 amide bonds. The molecule has 2 aromatic carbocycles. The van der Waals surface area contributed by atoms with Gasteiger partial charge in [-0.3, -0.25) is 19.3 Å². The van der Waals surface area contributed by atoms with Crippen LogP contribution in [0.3, 0.4) is 0 Å². The molecule has 30 heavy (non-hydrogen) atoms. The minimum absolute atomic E-state index is 0.113. The first kappa shape index (κ1) is 17.6. The van der Waals surface area contributed by atoms with Crippen molar-refractivity contribution in [1.82, 2.24) is 0 Å². The summed E-state index contributed by atoms with van der Waals surface area (Å²) in [7, 11) is 0. The lowest BCUT2D eigenvalue weighted by molar-refractivity contribution is -0.124. The van der Waals surface area contributed by atoms with Crippen molar-refractivity contribution in [2.45, 2.75) is 6.42 Å². The number of anilines is 2. The molecule has 0 spiro atoms. The van der Waals surface area contributed by atoms with Crippen LogP contribution in [0, 0.1) is 41.3 Å². The first-order valence-electron chi connectivity index (χ1n) is 10.3. The summed E-state index contributed by atoms with van der Waals surface area (Å²) in [4.78, 5) is 40.1. The molecule has 6 heteroatoms. The zero-order chi connectivity index (χ0) is 20.6. The van der Waals surface area contributed by atoms with Crippen LogP contribution in [0.2, 0.25) is 0 Å². The third kappa shape index (κ3) is 2.43. The van der Waals surface area contributed by atoms with Crippen LogP contribution in [0.4, 0.5) is 15.8 Å². The Bertz CT molecular complexity index is 1070. The minimum atomic E-state index is -0.376. The molecule has 2 saturated carbocycles. The molecule has 0 aromatic heterocycles. The molecular weight excluding hydrogens is 383 g/mol. The number of benzene rings is 2. The summed E-state index contributed by atoms with van der Waals surface area (Å²) in [5.41, 5.74) is 1.38. The maximum absolute atomic E-state index is 13.2. The van der Waals surface area contributed by atoms with Crippen LogP contribution >= 0.6 is 0 Å². The zero-order valence-electron chi connectivity index (χ0n) is 16.0. The fraction of sp³-hybridized carbons (Fsp3) is 0.292. The lowest BCUT2D eigenvalue weighted by atomic mass is 9.63. The van der Waals surface area contributed by atoms with E-state index in [1.807, 2.05) is 0 Å². The SMILES string of the molecule is O=C(Nc1ccc(F)cc1)c1ccc(N2C(=O)[C@@H]3[C@H]4C=C[C@@H]([C@@H]5C[C@H]45)[C@H]3C2=O)cc1. The molecule has 1 N–H and O–H groups in total. The van der Waals surface area contributed by atoms with Gasteiger partial charge < -0.3 is 5.32 Å². The second-order valence-electron chi connectivity index (χ2n) is 8.67. The molecule has 3 fully saturated rings. The summed E-state index contributed by atoms with van der Waals surface area (Å²) in [6, 6.07) is 12.0. The average molecular weight is 402 g/mol. The number of nitrogens with one attached hydrogen (secondary N) is 1. The molecule has 1 heterocycles. The number of hydrogen-bond acceptors (Lipinski definition) is 3. The molecule has 7 rings (SSSR count). The van der Waals surface area contributed by atoms with Crippen LogP contribution in [-0.4, -0.2) is 17.7 Å². The molecule has 5 nitrogen and oxygen atoms in total. The Morgan fingerprint density at radius 1 is 0.867 bits per heavy atom. The van der Waals surface area contributed by atoms with Crippen molar-refractivity contribution in [3.05, 3.63) is 72.1 Å². The predicted molar refractivity (Wildman–Crippen MR) is 108 cm³/mol. The monoisotopic (exact) mass is 402 g/mol. The number of nitrogens with zero attached hydrogens (tertiary/aromatic N) is 1. The Morgan fingerprint density at radius 2 is 1.43 bits per heavy atom. The first-order valence-corrected chi connectivity index (χ1v) is 10.3. The van der Waals surface area contributed by atoms with E-state index in [2.05, 4.69) is 17.5 Å². The number of carbonyl (C=O) groups is 3. The van der Waals surface area contributed by atoms with Gasteiger partial charge in [0, 0.05) is 11.3 Å². The predicted octanol–water partition coefficient (Wildman–Crippen LogP) is 3.64. The zero-order valence-corrected chi connectivity index (χ0v) is 16.0. The lowest BCUT2D eigenvalue weighted by Crippen LogP contribution is -2.40. The Morgan fingerprint density at radius 3 is 2.00 bits per heavy atom. The molecule has 6 atom stereocenters. The van der Waals surface area contributed by atoms with Gasteiger partial charge in [-0.15, -0.1) is 0 Å². The average Bonchev–Trinajstić information content (AvgIpc) is 3.53. The Balaban J connectivity index is 1.23. The van der Waals surface area contributed by atoms with Crippen molar-refractivity contribution >= 4 is 29.1 Å². The summed E-state index contributed by atoms with van der Waals surface area (Å²) >= 11 is 0. The van der Waals surface area contributed by atoms with Crippen molar-refractivity contribution in [1.29, 1.82) is 0 Å². The standard InChI is InChI=1S/C24H19FN2O3/c25-13-3-5-14(6-4-13)26-22(28)12-1-7-15(8-2-12)27-23(29)20-16-9-10-17(19-11-18(16)19)21(20)24(27)30/h1-10,16-21H,11H2,(H,26,28)/t16-,17-,18-,19+,20+,21+/m0/s1. The number of hydrogen-bond donors (Lipinski definition) is 1. The van der Waals surface area contributed by atoms with Crippen molar-refractivity contribution in [2.75, 3.05) is 10.2 Å². The van der Waals surface area contributed by atoms with E-state index in [1.165, 1.54) is 29.2 Å². The number of allylic oxidation sites excluding steroid dienone is 2. The number of amides is 3. The molecule has 150 valence electrons. The maximum Gasteiger partial charge on any atom is 0.255 e. The van der Waals surface area contributed by atoms with Crippen LogP contribution < -0.4 is 10.2 Å². The van der Waals surface area contributed by atoms with Crippen LogP contribution in [0.1, 0.15) is 16.8 Å². The van der Waals surface area contributed by atoms with Gasteiger partial charge in [-0.05, 0) is 78.6 Å². The van der Waals surface area contributed by atoms with Crippen molar-refractivity contribution in [2.24, 2.45) is 35.5 Å². The molecule has 4 aliphatic carbocycles. The smallest absolute Gasteiger partial charge is 0.255 e. The van der Waals surface area contributed by atoms with E-state index in [0.29, 0.717) is 28.8 Å². The van der Waals surface area contributed by atoms with Gasteiger partial charge in [-0.2, -0.15) is 0 Å². The highest BCUT2D eigenvalue weighted by atomic mass is 19.1. The van der Waals surface area contributed by atoms with Crippen molar-refractivity contribution in [3.8, 4) is 0 Å². The number of rotatable bonds is 3. The second-order valence-corrected chi connectivity index (χ2v) is 8.67. The number of carbonyl (C=O) groups excluding carboxylic acids is 3. The molecule has 1 aliphatic heterocycles. The van der Waals surface area contributed by atoms with Gasteiger partial charge >= 0.3 is 0 Å². The maximum atomic E-state index is 13.2. The van der Waals surface area contributed by atoms with Crippen LogP contribution in [0.5, 0.6) is 0 Å². The van der Waals surface area contributed by atoms with Gasteiger partial charge in [0.05, 0.1) is 17.5 Å². The summed E-state index contributed by atoms with van der Waals surface area (Å²) in [5, 5.41) is 2.70. The van der Waals surface area contributed by atoms with E-state index in [0.717, 1.165) is 6.42 Å². The lowest BCUT2D eigenvalue weighted by Gasteiger charge is -2.37. The molecular formula is C24H19FN2O3. The third-order valence-electron chi connectivity index (χ3n) is 7.15. The third-order valence-corrected chi connectivity index (χ3v) is 7.15. The molecule has 2 aromatic rings. The van der Waals surface area contributed by atoms with E-state index >= 15 is 0 Å². The highest BCUT2D eigenvalue weighted by molar-refractivity contribution is 6.22. The molecule has 1 saturated heterocycles. The number of halogens is 1. The first-order chi connectivity index (χ1) is 14.5. The summed E-state index contributed by atoms with van der Waals surface area (Å²) < 4.78 is 13.0. The van der Waals surface area contributed by atoms with Gasteiger partial charge in [0.15, 0.2) is 0 Å². The molecule has 0 radical (unpaired) electrons. The summed E-state index contributed by atoms with van der Waals surface area (Å²) in [6.07, 6.45) is 5.43. The van der Waals surface area contributed by atoms with Crippen LogP contribution in [0.25, 0.3) is 0 Å². The van der Waals surface area contributed by atoms with E-state index in [-0.39, 0.29) is 47.2 Å². The number of imide groups is 1. The van der Waals surface area contributed by atoms with Crippen molar-refractivity contribution in [3.63, 3.8) is 0 Å². The minimum Gasteiger partial charge on any atom is -0.322 e. The molecule has 2 bridgehead atoms. The quantitative estimate of drug-likeness (QED) is 0.630. The highest BCUT2D eigenvalue weighted by Gasteiger charge is 2.67. The van der Waals surface area contributed by atoms with E-state index in [4.69, 9.17) is 0 Å². The van der Waals surface area contributed by atoms with Crippen LogP contribution in [0.15, 0.2) is 60.7 Å². The second kappa shape index (κ2) is 6.11. The fourth-order valence-corrected chi connectivity index (χ4v) is 5.71. The van der Waals surface area contributed by atoms with E-state index in [9.17, 15) is 18.8 Å². The van der Waals surface area contributed by atoms with Gasteiger partial charge in [0.1, 0.15) is 5.82 Å². The van der Waals surface area contributed by atoms with Crippen molar-refractivity contribution < 1.29 is 18.8 Å². The van der Waals surface area contributed by atoms with E-state index in [1.54, 1.807) is 24.3 Å². The highest BCUT2D eigenvalue weighted by Crippen LogP contribution is 2.65. The molecule has 5 aliphatic rings. The van der Waals surface area contributed by atoms with Gasteiger partial charge in [0.25, 0.3) is 5.91 Å². The normalized spacial score (nSPS) is 32.8. The van der Waals surface area contributed by atoms with Gasteiger partial charge in [-0.1, -0.05) is 12.2 Å². The summed E-state index contributed by atoms with van der Waals surface area (Å²) in [6.45, 7) is 0. The summed E-state index contributed by atoms with van der Waals surface area (Å²) in [5.74, 6) is 0.0826. The largest absolute Gasteiger partial charge is 0.322 e.